The van der Waals surface area contributed by atoms with Crippen LogP contribution in [0.4, 0.5) is 0 Å². The van der Waals surface area contributed by atoms with Gasteiger partial charge in [0.05, 0.1) is 5.54 Å². The zero-order valence-electron chi connectivity index (χ0n) is 11.3. The number of piperazine rings is 1. The number of hydrogen-bond donors (Lipinski definition) is 2. The van der Waals surface area contributed by atoms with E-state index in [9.17, 15) is 5.11 Å². The maximum atomic E-state index is 9.74. The van der Waals surface area contributed by atoms with Gasteiger partial charge in [0, 0.05) is 37.4 Å². The van der Waals surface area contributed by atoms with E-state index >= 15 is 0 Å². The van der Waals surface area contributed by atoms with Crippen molar-refractivity contribution in [3.63, 3.8) is 0 Å². The summed E-state index contributed by atoms with van der Waals surface area (Å²) in [5.41, 5.74) is 0.607. The summed E-state index contributed by atoms with van der Waals surface area (Å²) in [4.78, 5) is 6.34. The molecule has 2 aromatic rings. The molecule has 0 saturated carbocycles. The smallest absolute Gasteiger partial charge is 0.137 e. The maximum Gasteiger partial charge on any atom is 0.137 e. The second-order valence-corrected chi connectivity index (χ2v) is 5.50. The molecule has 1 fully saturated rings. The number of nitrogens with zero attached hydrogens (tertiary/aromatic N) is 2. The molecule has 2 aromatic heterocycles. The third-order valence-corrected chi connectivity index (χ3v) is 3.87. The number of fused-ring (bicyclic) bond motifs is 1. The van der Waals surface area contributed by atoms with Gasteiger partial charge in [-0.25, -0.2) is 0 Å². The third-order valence-electron chi connectivity index (χ3n) is 3.87. The molecule has 5 nitrogen and oxygen atoms in total. The van der Waals surface area contributed by atoms with E-state index in [4.69, 9.17) is 4.42 Å². The van der Waals surface area contributed by atoms with Gasteiger partial charge in [-0.2, -0.15) is 0 Å². The molecule has 0 radical (unpaired) electrons. The predicted octanol–water partition coefficient (Wildman–Crippen LogP) is 1.29. The first-order valence-electron chi connectivity index (χ1n) is 6.58. The van der Waals surface area contributed by atoms with Crippen LogP contribution in [0, 0.1) is 0 Å². The van der Waals surface area contributed by atoms with Gasteiger partial charge in [-0.3, -0.25) is 15.2 Å². The van der Waals surface area contributed by atoms with Crippen molar-refractivity contribution in [3.05, 3.63) is 30.3 Å². The Kier molecular flexibility index (Phi) is 3.05. The van der Waals surface area contributed by atoms with Crippen LogP contribution in [0.1, 0.15) is 19.6 Å². The molecule has 102 valence electrons. The highest BCUT2D eigenvalue weighted by Crippen LogP contribution is 2.32. The number of rotatable bonds is 2. The summed E-state index contributed by atoms with van der Waals surface area (Å²) in [5, 5.41) is 13.8. The Labute approximate surface area is 112 Å². The Morgan fingerprint density at radius 3 is 3.11 bits per heavy atom. The molecule has 0 aromatic carbocycles. The fourth-order valence-electron chi connectivity index (χ4n) is 2.58. The number of hydrogen-bond acceptors (Lipinski definition) is 5. The van der Waals surface area contributed by atoms with Crippen LogP contribution in [0.15, 0.2) is 28.9 Å². The summed E-state index contributed by atoms with van der Waals surface area (Å²) in [6.07, 6.45) is 3.07. The molecule has 1 aliphatic heterocycles. The number of nitrogens with one attached hydrogen (secondary N) is 1. The van der Waals surface area contributed by atoms with Gasteiger partial charge < -0.3 is 9.52 Å². The highest BCUT2D eigenvalue weighted by Gasteiger charge is 2.34. The van der Waals surface area contributed by atoms with E-state index < -0.39 is 6.23 Å². The van der Waals surface area contributed by atoms with Crippen LogP contribution in [0.5, 0.6) is 0 Å². The van der Waals surface area contributed by atoms with Crippen molar-refractivity contribution < 1.29 is 9.52 Å². The SMILES string of the molecule is CC(C)(c1cc2cnccc2o1)N1CCN[C@H](O)C1. The van der Waals surface area contributed by atoms with E-state index in [0.717, 1.165) is 29.8 Å². The van der Waals surface area contributed by atoms with Crippen LogP contribution in [0.3, 0.4) is 0 Å². The zero-order valence-corrected chi connectivity index (χ0v) is 11.3. The van der Waals surface area contributed by atoms with Gasteiger partial charge in [0.15, 0.2) is 0 Å². The van der Waals surface area contributed by atoms with Crippen molar-refractivity contribution in [2.45, 2.75) is 25.6 Å². The number of furan rings is 1. The Balaban J connectivity index is 1.94. The number of aliphatic hydroxyl groups is 1. The fourth-order valence-corrected chi connectivity index (χ4v) is 2.58. The minimum atomic E-state index is -0.473. The van der Waals surface area contributed by atoms with Crippen LogP contribution in [0.2, 0.25) is 0 Å². The molecule has 19 heavy (non-hydrogen) atoms. The zero-order chi connectivity index (χ0) is 13.5. The van der Waals surface area contributed by atoms with Gasteiger partial charge in [0.2, 0.25) is 0 Å². The van der Waals surface area contributed by atoms with Gasteiger partial charge >= 0.3 is 0 Å². The van der Waals surface area contributed by atoms with E-state index in [-0.39, 0.29) is 5.54 Å². The first-order valence-corrected chi connectivity index (χ1v) is 6.58. The van der Waals surface area contributed by atoms with E-state index in [1.165, 1.54) is 0 Å². The lowest BCUT2D eigenvalue weighted by atomic mass is 9.98. The van der Waals surface area contributed by atoms with Crippen molar-refractivity contribution in [2.75, 3.05) is 19.6 Å². The maximum absolute atomic E-state index is 9.74. The summed E-state index contributed by atoms with van der Waals surface area (Å²) >= 11 is 0. The van der Waals surface area contributed by atoms with Crippen molar-refractivity contribution in [2.24, 2.45) is 0 Å². The third kappa shape index (κ3) is 2.25. The Bertz CT molecular complexity index is 546. The summed E-state index contributed by atoms with van der Waals surface area (Å²) in [6, 6.07) is 3.91. The van der Waals surface area contributed by atoms with Crippen LogP contribution in [0.25, 0.3) is 11.0 Å². The molecule has 0 aliphatic carbocycles. The number of aliphatic hydroxyl groups excluding tert-OH is 1. The van der Waals surface area contributed by atoms with E-state index in [1.807, 2.05) is 18.3 Å². The Hall–Kier alpha value is -1.43. The lowest BCUT2D eigenvalue weighted by molar-refractivity contribution is -0.00392. The monoisotopic (exact) mass is 261 g/mol. The van der Waals surface area contributed by atoms with Gasteiger partial charge in [0.1, 0.15) is 17.6 Å². The molecular weight excluding hydrogens is 242 g/mol. The molecule has 1 atom stereocenters. The molecule has 1 aliphatic rings. The van der Waals surface area contributed by atoms with Crippen molar-refractivity contribution in [1.29, 1.82) is 0 Å². The standard InChI is InChI=1S/C14H19N3O2/c1-14(2,17-6-5-16-13(18)9-17)12-7-10-8-15-4-3-11(10)19-12/h3-4,7-8,13,16,18H,5-6,9H2,1-2H3/t13-/m1/s1. The van der Waals surface area contributed by atoms with Gasteiger partial charge in [0.25, 0.3) is 0 Å². The molecule has 0 bridgehead atoms. The van der Waals surface area contributed by atoms with Gasteiger partial charge in [-0.05, 0) is 26.0 Å². The molecule has 0 unspecified atom stereocenters. The highest BCUT2D eigenvalue weighted by atomic mass is 16.3. The quantitative estimate of drug-likeness (QED) is 0.853. The lowest BCUT2D eigenvalue weighted by Crippen LogP contribution is -2.56. The fraction of sp³-hybridized carbons (Fsp3) is 0.500. The first-order chi connectivity index (χ1) is 9.07. The van der Waals surface area contributed by atoms with Gasteiger partial charge in [-0.1, -0.05) is 0 Å². The number of aromatic nitrogens is 1. The minimum absolute atomic E-state index is 0.248. The summed E-state index contributed by atoms with van der Waals surface area (Å²) in [6.45, 7) is 6.51. The topological polar surface area (TPSA) is 61.5 Å². The van der Waals surface area contributed by atoms with E-state index in [1.54, 1.807) is 6.20 Å². The molecule has 2 N–H and O–H groups in total. The predicted molar refractivity (Wildman–Crippen MR) is 72.6 cm³/mol. The Morgan fingerprint density at radius 1 is 1.53 bits per heavy atom. The van der Waals surface area contributed by atoms with Gasteiger partial charge in [-0.15, -0.1) is 0 Å². The van der Waals surface area contributed by atoms with Crippen LogP contribution in [-0.2, 0) is 5.54 Å². The normalized spacial score (nSPS) is 21.9. The van der Waals surface area contributed by atoms with E-state index in [2.05, 4.69) is 29.0 Å². The minimum Gasteiger partial charge on any atom is -0.459 e. The van der Waals surface area contributed by atoms with Crippen LogP contribution >= 0.6 is 0 Å². The largest absolute Gasteiger partial charge is 0.459 e. The molecule has 0 amide bonds. The Morgan fingerprint density at radius 2 is 2.37 bits per heavy atom. The molecule has 3 heterocycles. The average molecular weight is 261 g/mol. The molecular formula is C14H19N3O2. The van der Waals surface area contributed by atoms with Crippen LogP contribution in [-0.4, -0.2) is 40.9 Å². The summed E-state index contributed by atoms with van der Waals surface area (Å²) < 4.78 is 5.94. The summed E-state index contributed by atoms with van der Waals surface area (Å²) in [5.74, 6) is 0.907. The van der Waals surface area contributed by atoms with Crippen LogP contribution < -0.4 is 5.32 Å². The second kappa shape index (κ2) is 4.59. The second-order valence-electron chi connectivity index (χ2n) is 5.50. The number of β-amino-alcohol motifs (C(OH)–C–C–N with tert-alkyl or cyclic N) is 1. The van der Waals surface area contributed by atoms with E-state index in [0.29, 0.717) is 6.54 Å². The molecule has 5 heteroatoms. The summed E-state index contributed by atoms with van der Waals surface area (Å²) in [7, 11) is 0. The lowest BCUT2D eigenvalue weighted by Gasteiger charge is -2.41. The molecule has 3 rings (SSSR count). The molecule has 0 spiro atoms. The van der Waals surface area contributed by atoms with Crippen molar-refractivity contribution >= 4 is 11.0 Å². The highest BCUT2D eigenvalue weighted by molar-refractivity contribution is 5.76. The van der Waals surface area contributed by atoms with Crippen molar-refractivity contribution in [1.82, 2.24) is 15.2 Å². The van der Waals surface area contributed by atoms with Crippen molar-refractivity contribution in [3.8, 4) is 0 Å². The average Bonchev–Trinajstić information content (AvgIpc) is 2.83. The first kappa shape index (κ1) is 12.6. The molecule has 1 saturated heterocycles. The number of pyridine rings is 1.